The molecule has 0 radical (unpaired) electrons. The molecule has 0 bridgehead atoms. The molecule has 3 heterocycles. The molecule has 1 aromatic carbocycles. The maximum atomic E-state index is 12.8. The van der Waals surface area contributed by atoms with E-state index in [9.17, 15) is 4.79 Å². The Bertz CT molecular complexity index is 994. The largest absolute Gasteiger partial charge is 0.493 e. The molecule has 1 N–H and O–H groups in total. The highest BCUT2D eigenvalue weighted by Crippen LogP contribution is 2.33. The van der Waals surface area contributed by atoms with E-state index in [1.165, 1.54) is 6.07 Å². The molecule has 0 amide bonds. The maximum absolute atomic E-state index is 12.8. The van der Waals surface area contributed by atoms with Crippen LogP contribution in [0.3, 0.4) is 0 Å². The number of ether oxygens (including phenoxy) is 2. The number of nitrogens with zero attached hydrogens (tertiary/aromatic N) is 5. The first-order valence-electron chi connectivity index (χ1n) is 9.60. The topological polar surface area (TPSA) is 84.2 Å². The van der Waals surface area contributed by atoms with Crippen molar-refractivity contribution in [1.29, 1.82) is 0 Å². The monoisotopic (exact) mass is 398 g/mol. The van der Waals surface area contributed by atoms with Gasteiger partial charge < -0.3 is 19.3 Å². The number of hydrogen-bond acceptors (Lipinski definition) is 8. The van der Waals surface area contributed by atoms with Gasteiger partial charge in [-0.25, -0.2) is 9.98 Å². The fourth-order valence-corrected chi connectivity index (χ4v) is 3.65. The summed E-state index contributed by atoms with van der Waals surface area (Å²) in [5.41, 5.74) is 1.34. The lowest BCUT2D eigenvalue weighted by Crippen LogP contribution is -2.51. The van der Waals surface area contributed by atoms with Crippen LogP contribution < -0.4 is 20.3 Å². The number of aliphatic imine (C=N–C) groups is 1. The minimum absolute atomic E-state index is 0.152. The van der Waals surface area contributed by atoms with Crippen molar-refractivity contribution in [3.63, 3.8) is 0 Å². The number of nitrogens with one attached hydrogen (secondary N) is 1. The Morgan fingerprint density at radius 2 is 1.79 bits per heavy atom. The summed E-state index contributed by atoms with van der Waals surface area (Å²) in [5, 5.41) is 3.27. The highest BCUT2D eigenvalue weighted by molar-refractivity contribution is 5.93. The van der Waals surface area contributed by atoms with Gasteiger partial charge in [0.15, 0.2) is 17.7 Å². The maximum Gasteiger partial charge on any atom is 0.257 e. The van der Waals surface area contributed by atoms with Crippen molar-refractivity contribution >= 4 is 11.9 Å². The molecule has 1 atom stereocenters. The number of methoxy groups -OCH3 is 2. The number of guanidine groups is 1. The van der Waals surface area contributed by atoms with E-state index in [4.69, 9.17) is 14.5 Å². The summed E-state index contributed by atoms with van der Waals surface area (Å²) >= 11 is 0. The zero-order valence-electron chi connectivity index (χ0n) is 17.2. The molecule has 1 saturated heterocycles. The van der Waals surface area contributed by atoms with Crippen LogP contribution in [-0.2, 0) is 0 Å². The average molecular weight is 398 g/mol. The molecule has 4 rings (SSSR count). The van der Waals surface area contributed by atoms with E-state index in [0.29, 0.717) is 23.1 Å². The molecule has 0 spiro atoms. The molecule has 0 saturated carbocycles. The number of aromatic nitrogens is 2. The second kappa shape index (κ2) is 7.75. The molecule has 9 nitrogen and oxygen atoms in total. The van der Waals surface area contributed by atoms with Crippen molar-refractivity contribution in [2.45, 2.75) is 13.1 Å². The fraction of sp³-hybridized carbons (Fsp3) is 0.450. The van der Waals surface area contributed by atoms with E-state index < -0.39 is 6.17 Å². The Morgan fingerprint density at radius 3 is 2.48 bits per heavy atom. The van der Waals surface area contributed by atoms with Crippen LogP contribution in [-0.4, -0.2) is 72.8 Å². The second-order valence-corrected chi connectivity index (χ2v) is 7.29. The molecule has 0 unspecified atom stereocenters. The van der Waals surface area contributed by atoms with Crippen LogP contribution in [0.25, 0.3) is 0 Å². The van der Waals surface area contributed by atoms with Gasteiger partial charge in [-0.15, -0.1) is 0 Å². The first-order chi connectivity index (χ1) is 14.0. The summed E-state index contributed by atoms with van der Waals surface area (Å²) in [7, 11) is 5.30. The average Bonchev–Trinajstić information content (AvgIpc) is 2.72. The molecule has 0 aliphatic carbocycles. The molecule has 1 fully saturated rings. The van der Waals surface area contributed by atoms with Crippen LogP contribution in [0, 0.1) is 6.92 Å². The van der Waals surface area contributed by atoms with E-state index in [1.807, 2.05) is 25.1 Å². The van der Waals surface area contributed by atoms with Gasteiger partial charge in [-0.1, -0.05) is 6.07 Å². The van der Waals surface area contributed by atoms with Gasteiger partial charge >= 0.3 is 0 Å². The number of rotatable bonds is 3. The lowest BCUT2D eigenvalue weighted by Gasteiger charge is -2.37. The summed E-state index contributed by atoms with van der Waals surface area (Å²) in [4.78, 5) is 26.8. The minimum atomic E-state index is -0.540. The Balaban J connectivity index is 1.80. The van der Waals surface area contributed by atoms with Crippen LogP contribution in [0.15, 0.2) is 34.1 Å². The summed E-state index contributed by atoms with van der Waals surface area (Å²) in [6, 6.07) is 7.11. The number of fused-ring (bicyclic) bond motifs is 1. The lowest BCUT2D eigenvalue weighted by atomic mass is 10.1. The van der Waals surface area contributed by atoms with E-state index in [1.54, 1.807) is 18.8 Å². The molecule has 2 aromatic rings. The first kappa shape index (κ1) is 19.3. The van der Waals surface area contributed by atoms with Crippen LogP contribution >= 0.6 is 0 Å². The molecular weight excluding hydrogens is 372 g/mol. The van der Waals surface area contributed by atoms with E-state index >= 15 is 0 Å². The van der Waals surface area contributed by atoms with Crippen molar-refractivity contribution in [2.24, 2.45) is 4.99 Å². The first-order valence-corrected chi connectivity index (χ1v) is 9.60. The van der Waals surface area contributed by atoms with Gasteiger partial charge in [0.05, 0.1) is 14.2 Å². The SMILES string of the molecule is COc1ccc([C@H]2N=C(N3CCN(C)CC3)Nc3nc(C)cc(=O)n32)cc1OC. The molecular formula is C20H26N6O3. The summed E-state index contributed by atoms with van der Waals surface area (Å²) in [6.07, 6.45) is -0.540. The van der Waals surface area contributed by atoms with Crippen LogP contribution in [0.4, 0.5) is 5.95 Å². The van der Waals surface area contributed by atoms with E-state index in [0.717, 1.165) is 37.7 Å². The van der Waals surface area contributed by atoms with Gasteiger partial charge in [0.1, 0.15) is 0 Å². The predicted octanol–water partition coefficient (Wildman–Crippen LogP) is 1.14. The quantitative estimate of drug-likeness (QED) is 0.830. The fourth-order valence-electron chi connectivity index (χ4n) is 3.65. The molecule has 2 aliphatic heterocycles. The number of piperazine rings is 1. The third kappa shape index (κ3) is 3.65. The number of aryl methyl sites for hydroxylation is 1. The predicted molar refractivity (Wildman–Crippen MR) is 111 cm³/mol. The van der Waals surface area contributed by atoms with Crippen LogP contribution in [0.1, 0.15) is 17.4 Å². The van der Waals surface area contributed by atoms with E-state index in [2.05, 4.69) is 27.1 Å². The minimum Gasteiger partial charge on any atom is -0.493 e. The highest BCUT2D eigenvalue weighted by atomic mass is 16.5. The second-order valence-electron chi connectivity index (χ2n) is 7.29. The van der Waals surface area contributed by atoms with Gasteiger partial charge in [0.25, 0.3) is 5.56 Å². The number of likely N-dealkylation sites (N-methyl/N-ethyl adjacent to an activating group) is 1. The normalized spacial score (nSPS) is 19.2. The Kier molecular flexibility index (Phi) is 5.14. The van der Waals surface area contributed by atoms with Crippen molar-refractivity contribution in [3.8, 4) is 11.5 Å². The lowest BCUT2D eigenvalue weighted by molar-refractivity contribution is 0.213. The zero-order chi connectivity index (χ0) is 20.5. The highest BCUT2D eigenvalue weighted by Gasteiger charge is 2.29. The molecule has 154 valence electrons. The number of hydrogen-bond donors (Lipinski definition) is 1. The van der Waals surface area contributed by atoms with Crippen LogP contribution in [0.2, 0.25) is 0 Å². The van der Waals surface area contributed by atoms with Gasteiger partial charge in [0.2, 0.25) is 11.9 Å². The summed E-state index contributed by atoms with van der Waals surface area (Å²) in [5.74, 6) is 2.45. The third-order valence-corrected chi connectivity index (χ3v) is 5.30. The standard InChI is InChI=1S/C20H26N6O3/c1-13-11-17(27)26-18(14-5-6-15(28-3)16(12-14)29-4)22-19(23-20(26)21-13)25-9-7-24(2)8-10-25/h5-6,11-12,18H,7-10H2,1-4H3,(H,21,22,23)/t18-/m0/s1. The van der Waals surface area contributed by atoms with Crippen molar-refractivity contribution in [1.82, 2.24) is 19.4 Å². The molecule has 1 aromatic heterocycles. The third-order valence-electron chi connectivity index (χ3n) is 5.30. The molecule has 29 heavy (non-hydrogen) atoms. The smallest absolute Gasteiger partial charge is 0.257 e. The molecule has 9 heteroatoms. The number of anilines is 1. The van der Waals surface area contributed by atoms with E-state index in [-0.39, 0.29) is 5.56 Å². The Morgan fingerprint density at radius 1 is 1.07 bits per heavy atom. The molecule has 2 aliphatic rings. The van der Waals surface area contributed by atoms with Gasteiger partial charge in [0, 0.05) is 43.5 Å². The van der Waals surface area contributed by atoms with Crippen molar-refractivity contribution in [2.75, 3.05) is 52.8 Å². The van der Waals surface area contributed by atoms with Gasteiger partial charge in [-0.2, -0.15) is 0 Å². The zero-order valence-corrected chi connectivity index (χ0v) is 17.2. The van der Waals surface area contributed by atoms with Gasteiger partial charge in [-0.3, -0.25) is 14.7 Å². The Labute approximate surface area is 169 Å². The summed E-state index contributed by atoms with van der Waals surface area (Å²) < 4.78 is 12.4. The number of benzene rings is 1. The Hall–Kier alpha value is -3.07. The van der Waals surface area contributed by atoms with Gasteiger partial charge in [-0.05, 0) is 26.1 Å². The van der Waals surface area contributed by atoms with Crippen LogP contribution in [0.5, 0.6) is 11.5 Å². The van der Waals surface area contributed by atoms with Crippen molar-refractivity contribution in [3.05, 3.63) is 45.9 Å². The van der Waals surface area contributed by atoms with Crippen molar-refractivity contribution < 1.29 is 9.47 Å². The summed E-state index contributed by atoms with van der Waals surface area (Å²) in [6.45, 7) is 5.44.